The standard InChI is InChI=1S/C20H31FO2/c1-12-11-20(21)13(10-17(12)22)4-5-14-15-7-9-19(3,23)18(15,2)8-6-16(14)20/h12-16,23H,4-11H2,1-3H3/t12-,13-,14+,15+,16+,18+,19+,20-/m1/s1. The van der Waals surface area contributed by atoms with E-state index in [9.17, 15) is 9.90 Å². The van der Waals surface area contributed by atoms with E-state index < -0.39 is 11.3 Å². The monoisotopic (exact) mass is 322 g/mol. The summed E-state index contributed by atoms with van der Waals surface area (Å²) in [5.74, 6) is 1.09. The quantitative estimate of drug-likeness (QED) is 0.722. The fourth-order valence-electron chi connectivity index (χ4n) is 7.08. The van der Waals surface area contributed by atoms with Gasteiger partial charge in [0.2, 0.25) is 0 Å². The molecule has 3 heteroatoms. The van der Waals surface area contributed by atoms with E-state index in [-0.39, 0.29) is 29.0 Å². The van der Waals surface area contributed by atoms with E-state index in [0.717, 1.165) is 38.5 Å². The lowest BCUT2D eigenvalue weighted by Gasteiger charge is -2.59. The Balaban J connectivity index is 1.66. The van der Waals surface area contributed by atoms with Crippen molar-refractivity contribution < 1.29 is 14.3 Å². The van der Waals surface area contributed by atoms with E-state index in [4.69, 9.17) is 0 Å². The first-order valence-electron chi connectivity index (χ1n) is 9.63. The van der Waals surface area contributed by atoms with Gasteiger partial charge in [0.15, 0.2) is 0 Å². The van der Waals surface area contributed by atoms with Crippen molar-refractivity contribution in [2.45, 2.75) is 83.4 Å². The van der Waals surface area contributed by atoms with E-state index in [0.29, 0.717) is 24.7 Å². The maximum Gasteiger partial charge on any atom is 0.136 e. The molecule has 4 aliphatic carbocycles. The Morgan fingerprint density at radius 3 is 2.52 bits per heavy atom. The number of Topliss-reactive ketones (excluding diaryl/α,β-unsaturated/α-hetero) is 1. The largest absolute Gasteiger partial charge is 0.390 e. The fraction of sp³-hybridized carbons (Fsp3) is 0.950. The molecule has 0 aliphatic heterocycles. The molecule has 0 unspecified atom stereocenters. The predicted octanol–water partition coefficient (Wildman–Crippen LogP) is 4.30. The van der Waals surface area contributed by atoms with Crippen molar-refractivity contribution in [3.63, 3.8) is 0 Å². The summed E-state index contributed by atoms with van der Waals surface area (Å²) in [5, 5.41) is 10.9. The van der Waals surface area contributed by atoms with Crippen LogP contribution in [0.3, 0.4) is 0 Å². The first kappa shape index (κ1) is 16.1. The molecule has 4 rings (SSSR count). The molecular weight excluding hydrogens is 291 g/mol. The summed E-state index contributed by atoms with van der Waals surface area (Å²) < 4.78 is 16.1. The number of aliphatic hydroxyl groups is 1. The minimum atomic E-state index is -1.13. The van der Waals surface area contributed by atoms with E-state index in [2.05, 4.69) is 6.92 Å². The summed E-state index contributed by atoms with van der Waals surface area (Å²) >= 11 is 0. The van der Waals surface area contributed by atoms with Gasteiger partial charge in [-0.2, -0.15) is 0 Å². The number of alkyl halides is 1. The molecule has 0 bridgehead atoms. The lowest BCUT2D eigenvalue weighted by atomic mass is 9.47. The van der Waals surface area contributed by atoms with Gasteiger partial charge in [-0.25, -0.2) is 4.39 Å². The zero-order chi connectivity index (χ0) is 16.6. The van der Waals surface area contributed by atoms with Crippen molar-refractivity contribution >= 4 is 5.78 Å². The van der Waals surface area contributed by atoms with Crippen LogP contribution in [0.1, 0.15) is 72.1 Å². The summed E-state index contributed by atoms with van der Waals surface area (Å²) in [7, 11) is 0. The highest BCUT2D eigenvalue weighted by molar-refractivity contribution is 5.82. The molecule has 4 saturated carbocycles. The van der Waals surface area contributed by atoms with Crippen LogP contribution in [0.25, 0.3) is 0 Å². The second-order valence-electron chi connectivity index (χ2n) is 9.62. The van der Waals surface area contributed by atoms with E-state index >= 15 is 4.39 Å². The molecule has 2 nitrogen and oxygen atoms in total. The fourth-order valence-corrected chi connectivity index (χ4v) is 7.08. The van der Waals surface area contributed by atoms with Gasteiger partial charge in [-0.05, 0) is 75.0 Å². The summed E-state index contributed by atoms with van der Waals surface area (Å²) in [6.45, 7) is 6.15. The minimum absolute atomic E-state index is 0.0429. The van der Waals surface area contributed by atoms with Crippen LogP contribution in [0.5, 0.6) is 0 Å². The number of hydrogen-bond donors (Lipinski definition) is 1. The van der Waals surface area contributed by atoms with Crippen molar-refractivity contribution in [2.75, 3.05) is 0 Å². The molecular formula is C20H31FO2. The predicted molar refractivity (Wildman–Crippen MR) is 87.6 cm³/mol. The van der Waals surface area contributed by atoms with E-state index in [1.807, 2.05) is 13.8 Å². The van der Waals surface area contributed by atoms with Crippen molar-refractivity contribution in [1.82, 2.24) is 0 Å². The number of ketones is 1. The van der Waals surface area contributed by atoms with Crippen LogP contribution in [-0.4, -0.2) is 22.2 Å². The molecule has 8 atom stereocenters. The Morgan fingerprint density at radius 2 is 1.78 bits per heavy atom. The van der Waals surface area contributed by atoms with Crippen LogP contribution in [0.4, 0.5) is 4.39 Å². The van der Waals surface area contributed by atoms with Crippen LogP contribution in [0.2, 0.25) is 0 Å². The lowest BCUT2D eigenvalue weighted by Crippen LogP contribution is -2.59. The molecule has 0 spiro atoms. The number of fused-ring (bicyclic) bond motifs is 5. The molecule has 0 amide bonds. The molecule has 0 radical (unpaired) electrons. The third-order valence-electron chi connectivity index (χ3n) is 8.76. The number of hydrogen-bond acceptors (Lipinski definition) is 2. The zero-order valence-electron chi connectivity index (χ0n) is 14.8. The average Bonchev–Trinajstić information content (AvgIpc) is 2.71. The van der Waals surface area contributed by atoms with Gasteiger partial charge in [0, 0.05) is 18.3 Å². The van der Waals surface area contributed by atoms with E-state index in [1.54, 1.807) is 0 Å². The van der Waals surface area contributed by atoms with Gasteiger partial charge in [0.1, 0.15) is 11.5 Å². The molecule has 0 aromatic rings. The number of carbonyl (C=O) groups excluding carboxylic acids is 1. The van der Waals surface area contributed by atoms with Gasteiger partial charge in [-0.15, -0.1) is 0 Å². The van der Waals surface area contributed by atoms with Crippen LogP contribution in [0, 0.1) is 35.0 Å². The van der Waals surface area contributed by atoms with Crippen LogP contribution in [-0.2, 0) is 4.79 Å². The Morgan fingerprint density at radius 1 is 1.09 bits per heavy atom. The normalized spacial score (nSPS) is 59.2. The SMILES string of the molecule is C[C@@H]1C[C@@]2(F)[C@H](CC[C@@H]3[C@@H]2CC[C@@]2(C)[C@H]3CC[C@]2(C)O)CC1=O. The molecule has 1 N–H and O–H groups in total. The van der Waals surface area contributed by atoms with Gasteiger partial charge in [0.05, 0.1) is 5.60 Å². The Kier molecular flexibility index (Phi) is 3.35. The van der Waals surface area contributed by atoms with Crippen molar-refractivity contribution in [2.24, 2.45) is 35.0 Å². The third-order valence-corrected chi connectivity index (χ3v) is 8.76. The molecule has 0 saturated heterocycles. The molecule has 130 valence electrons. The lowest BCUT2D eigenvalue weighted by molar-refractivity contribution is -0.168. The van der Waals surface area contributed by atoms with Gasteiger partial charge in [-0.3, -0.25) is 4.79 Å². The molecule has 0 heterocycles. The van der Waals surface area contributed by atoms with Crippen LogP contribution >= 0.6 is 0 Å². The average molecular weight is 322 g/mol. The third kappa shape index (κ3) is 1.98. The summed E-state index contributed by atoms with van der Waals surface area (Å²) in [4.78, 5) is 12.1. The Labute approximate surface area is 139 Å². The van der Waals surface area contributed by atoms with Gasteiger partial charge in [0.25, 0.3) is 0 Å². The maximum atomic E-state index is 16.1. The number of halogens is 1. The van der Waals surface area contributed by atoms with Gasteiger partial charge < -0.3 is 5.11 Å². The van der Waals surface area contributed by atoms with Crippen LogP contribution < -0.4 is 0 Å². The molecule has 0 aromatic carbocycles. The van der Waals surface area contributed by atoms with Crippen LogP contribution in [0.15, 0.2) is 0 Å². The van der Waals surface area contributed by atoms with Crippen molar-refractivity contribution in [3.05, 3.63) is 0 Å². The first-order chi connectivity index (χ1) is 10.7. The summed E-state index contributed by atoms with van der Waals surface area (Å²) in [6.07, 6.45) is 6.55. The second kappa shape index (κ2) is 4.80. The number of carbonyl (C=O) groups is 1. The zero-order valence-corrected chi connectivity index (χ0v) is 14.8. The first-order valence-corrected chi connectivity index (χ1v) is 9.63. The van der Waals surface area contributed by atoms with Gasteiger partial charge >= 0.3 is 0 Å². The molecule has 23 heavy (non-hydrogen) atoms. The molecule has 4 aliphatic rings. The highest BCUT2D eigenvalue weighted by Gasteiger charge is 2.65. The highest BCUT2D eigenvalue weighted by Crippen LogP contribution is 2.66. The highest BCUT2D eigenvalue weighted by atomic mass is 19.1. The summed E-state index contributed by atoms with van der Waals surface area (Å²) in [5.41, 5.74) is -1.78. The maximum absolute atomic E-state index is 16.1. The smallest absolute Gasteiger partial charge is 0.136 e. The topological polar surface area (TPSA) is 37.3 Å². The Bertz CT molecular complexity index is 530. The van der Waals surface area contributed by atoms with E-state index in [1.165, 1.54) is 0 Å². The van der Waals surface area contributed by atoms with Crippen molar-refractivity contribution in [1.29, 1.82) is 0 Å². The van der Waals surface area contributed by atoms with Crippen molar-refractivity contribution in [3.8, 4) is 0 Å². The Hall–Kier alpha value is -0.440. The molecule has 4 fully saturated rings. The minimum Gasteiger partial charge on any atom is -0.390 e. The second-order valence-corrected chi connectivity index (χ2v) is 9.62. The van der Waals surface area contributed by atoms with Gasteiger partial charge in [-0.1, -0.05) is 13.8 Å². The number of rotatable bonds is 0. The summed E-state index contributed by atoms with van der Waals surface area (Å²) in [6, 6.07) is 0. The molecule has 0 aromatic heterocycles.